The van der Waals surface area contributed by atoms with Crippen LogP contribution in [0.25, 0.3) is 0 Å². The van der Waals surface area contributed by atoms with Crippen LogP contribution in [0, 0.1) is 6.92 Å². The SMILES string of the molecule is Cc1ccc(C(=O)Nc2cc(Cl)ccn2)s1. The number of nitrogens with zero attached hydrogens (tertiary/aromatic N) is 1. The lowest BCUT2D eigenvalue weighted by Crippen LogP contribution is -2.11. The predicted octanol–water partition coefficient (Wildman–Crippen LogP) is 3.36. The molecule has 0 radical (unpaired) electrons. The van der Waals surface area contributed by atoms with Crippen molar-refractivity contribution in [2.75, 3.05) is 5.32 Å². The predicted molar refractivity (Wildman–Crippen MR) is 66.3 cm³/mol. The number of halogens is 1. The molecule has 5 heteroatoms. The van der Waals surface area contributed by atoms with Gasteiger partial charge in [0.1, 0.15) is 5.82 Å². The molecule has 1 N–H and O–H groups in total. The molecule has 0 spiro atoms. The quantitative estimate of drug-likeness (QED) is 0.891. The number of amides is 1. The van der Waals surface area contributed by atoms with Crippen LogP contribution in [0.5, 0.6) is 0 Å². The Balaban J connectivity index is 2.13. The van der Waals surface area contributed by atoms with E-state index < -0.39 is 0 Å². The first-order valence-corrected chi connectivity index (χ1v) is 5.84. The highest BCUT2D eigenvalue weighted by Crippen LogP contribution is 2.17. The molecule has 2 aromatic rings. The summed E-state index contributed by atoms with van der Waals surface area (Å²) < 4.78 is 0. The van der Waals surface area contributed by atoms with Crippen LogP contribution in [-0.2, 0) is 0 Å². The van der Waals surface area contributed by atoms with E-state index in [9.17, 15) is 4.79 Å². The molecule has 0 bridgehead atoms. The van der Waals surface area contributed by atoms with Crippen LogP contribution in [0.2, 0.25) is 5.02 Å². The zero-order valence-electron chi connectivity index (χ0n) is 8.53. The number of thiophene rings is 1. The van der Waals surface area contributed by atoms with E-state index in [0.717, 1.165) is 4.88 Å². The third-order valence-electron chi connectivity index (χ3n) is 1.93. The molecular weight excluding hydrogens is 244 g/mol. The zero-order chi connectivity index (χ0) is 11.5. The van der Waals surface area contributed by atoms with Crippen LogP contribution < -0.4 is 5.32 Å². The van der Waals surface area contributed by atoms with Crippen molar-refractivity contribution in [3.05, 3.63) is 45.2 Å². The summed E-state index contributed by atoms with van der Waals surface area (Å²) in [6, 6.07) is 6.97. The molecule has 82 valence electrons. The highest BCUT2D eigenvalue weighted by Gasteiger charge is 2.08. The van der Waals surface area contributed by atoms with Gasteiger partial charge in [-0.25, -0.2) is 4.98 Å². The highest BCUT2D eigenvalue weighted by molar-refractivity contribution is 7.14. The van der Waals surface area contributed by atoms with E-state index in [1.54, 1.807) is 24.4 Å². The standard InChI is InChI=1S/C11H9ClN2OS/c1-7-2-3-9(16-7)11(15)14-10-6-8(12)4-5-13-10/h2-6H,1H3,(H,13,14,15). The summed E-state index contributed by atoms with van der Waals surface area (Å²) in [4.78, 5) is 17.5. The van der Waals surface area contributed by atoms with Gasteiger partial charge in [0.2, 0.25) is 0 Å². The molecule has 0 aliphatic carbocycles. The third kappa shape index (κ3) is 2.59. The van der Waals surface area contributed by atoms with Gasteiger partial charge in [0.15, 0.2) is 0 Å². The number of aromatic nitrogens is 1. The van der Waals surface area contributed by atoms with Crippen LogP contribution in [0.4, 0.5) is 5.82 Å². The molecule has 0 atom stereocenters. The van der Waals surface area contributed by atoms with E-state index in [2.05, 4.69) is 10.3 Å². The van der Waals surface area contributed by atoms with Gasteiger partial charge in [0, 0.05) is 16.1 Å². The fourth-order valence-corrected chi connectivity index (χ4v) is 2.13. The second-order valence-electron chi connectivity index (χ2n) is 3.22. The summed E-state index contributed by atoms with van der Waals surface area (Å²) >= 11 is 7.24. The van der Waals surface area contributed by atoms with Gasteiger partial charge in [-0.3, -0.25) is 4.79 Å². The average Bonchev–Trinajstić information content (AvgIpc) is 2.65. The maximum atomic E-state index is 11.8. The van der Waals surface area contributed by atoms with Gasteiger partial charge in [-0.1, -0.05) is 11.6 Å². The molecule has 0 aliphatic heterocycles. The molecule has 0 unspecified atom stereocenters. The minimum atomic E-state index is -0.159. The smallest absolute Gasteiger partial charge is 0.266 e. The zero-order valence-corrected chi connectivity index (χ0v) is 10.1. The second kappa shape index (κ2) is 4.63. The van der Waals surface area contributed by atoms with Gasteiger partial charge in [-0.05, 0) is 31.2 Å². The number of hydrogen-bond acceptors (Lipinski definition) is 3. The van der Waals surface area contributed by atoms with E-state index >= 15 is 0 Å². The number of hydrogen-bond donors (Lipinski definition) is 1. The molecule has 2 rings (SSSR count). The Morgan fingerprint density at radius 3 is 2.88 bits per heavy atom. The lowest BCUT2D eigenvalue weighted by atomic mass is 10.4. The highest BCUT2D eigenvalue weighted by atomic mass is 35.5. The summed E-state index contributed by atoms with van der Waals surface area (Å²) in [5.74, 6) is 0.302. The molecule has 0 fully saturated rings. The van der Waals surface area contributed by atoms with Crippen molar-refractivity contribution in [2.24, 2.45) is 0 Å². The third-order valence-corrected chi connectivity index (χ3v) is 3.16. The van der Waals surface area contributed by atoms with E-state index in [0.29, 0.717) is 15.7 Å². The molecule has 2 heterocycles. The van der Waals surface area contributed by atoms with Crippen LogP contribution in [0.15, 0.2) is 30.5 Å². The summed E-state index contributed by atoms with van der Waals surface area (Å²) in [6.07, 6.45) is 1.55. The summed E-state index contributed by atoms with van der Waals surface area (Å²) in [5, 5.41) is 3.24. The maximum Gasteiger partial charge on any atom is 0.266 e. The second-order valence-corrected chi connectivity index (χ2v) is 4.95. The number of pyridine rings is 1. The Labute approximate surface area is 102 Å². The Kier molecular flexibility index (Phi) is 3.22. The Morgan fingerprint density at radius 1 is 1.44 bits per heavy atom. The normalized spacial score (nSPS) is 10.1. The number of rotatable bonds is 2. The molecule has 2 aromatic heterocycles. The maximum absolute atomic E-state index is 11.8. The summed E-state index contributed by atoms with van der Waals surface area (Å²) in [6.45, 7) is 1.96. The van der Waals surface area contributed by atoms with E-state index in [1.165, 1.54) is 11.3 Å². The van der Waals surface area contributed by atoms with Gasteiger partial charge < -0.3 is 5.32 Å². The van der Waals surface area contributed by atoms with Gasteiger partial charge in [-0.15, -0.1) is 11.3 Å². The van der Waals surface area contributed by atoms with E-state index in [-0.39, 0.29) is 5.91 Å². The molecule has 0 saturated carbocycles. The molecular formula is C11H9ClN2OS. The van der Waals surface area contributed by atoms with Crippen molar-refractivity contribution in [2.45, 2.75) is 6.92 Å². The van der Waals surface area contributed by atoms with Gasteiger partial charge in [-0.2, -0.15) is 0 Å². The van der Waals surface area contributed by atoms with Crippen LogP contribution in [0.1, 0.15) is 14.5 Å². The fraction of sp³-hybridized carbons (Fsp3) is 0.0909. The van der Waals surface area contributed by atoms with Crippen LogP contribution in [-0.4, -0.2) is 10.9 Å². The molecule has 1 amide bonds. The number of aryl methyl sites for hydroxylation is 1. The minimum Gasteiger partial charge on any atom is -0.306 e. The lowest BCUT2D eigenvalue weighted by Gasteiger charge is -2.02. The van der Waals surface area contributed by atoms with Gasteiger partial charge in [0.25, 0.3) is 5.91 Å². The Hall–Kier alpha value is -1.39. The largest absolute Gasteiger partial charge is 0.306 e. The molecule has 16 heavy (non-hydrogen) atoms. The van der Waals surface area contributed by atoms with Crippen LogP contribution >= 0.6 is 22.9 Å². The topological polar surface area (TPSA) is 42.0 Å². The van der Waals surface area contributed by atoms with Crippen molar-refractivity contribution in [1.29, 1.82) is 0 Å². The van der Waals surface area contributed by atoms with Crippen molar-refractivity contribution < 1.29 is 4.79 Å². The summed E-state index contributed by atoms with van der Waals surface area (Å²) in [7, 11) is 0. The van der Waals surface area contributed by atoms with Crippen molar-refractivity contribution in [3.8, 4) is 0 Å². The van der Waals surface area contributed by atoms with Gasteiger partial charge >= 0.3 is 0 Å². The number of carbonyl (C=O) groups excluding carboxylic acids is 1. The van der Waals surface area contributed by atoms with Crippen molar-refractivity contribution in [1.82, 2.24) is 4.98 Å². The van der Waals surface area contributed by atoms with E-state index in [4.69, 9.17) is 11.6 Å². The number of anilines is 1. The fourth-order valence-electron chi connectivity index (χ4n) is 1.21. The number of nitrogens with one attached hydrogen (secondary N) is 1. The Bertz CT molecular complexity index is 524. The molecule has 0 aliphatic rings. The molecule has 0 saturated heterocycles. The van der Waals surface area contributed by atoms with Gasteiger partial charge in [0.05, 0.1) is 4.88 Å². The first-order chi connectivity index (χ1) is 7.65. The molecule has 0 aromatic carbocycles. The van der Waals surface area contributed by atoms with Crippen molar-refractivity contribution in [3.63, 3.8) is 0 Å². The number of carbonyl (C=O) groups is 1. The molecule has 3 nitrogen and oxygen atoms in total. The first kappa shape index (κ1) is 11.1. The van der Waals surface area contributed by atoms with E-state index in [1.807, 2.05) is 13.0 Å². The Morgan fingerprint density at radius 2 is 2.25 bits per heavy atom. The first-order valence-electron chi connectivity index (χ1n) is 4.64. The monoisotopic (exact) mass is 252 g/mol. The van der Waals surface area contributed by atoms with Crippen molar-refractivity contribution >= 4 is 34.7 Å². The lowest BCUT2D eigenvalue weighted by molar-refractivity contribution is 0.103. The summed E-state index contributed by atoms with van der Waals surface area (Å²) in [5.41, 5.74) is 0. The van der Waals surface area contributed by atoms with Crippen LogP contribution in [0.3, 0.4) is 0 Å². The minimum absolute atomic E-state index is 0.159. The average molecular weight is 253 g/mol.